The summed E-state index contributed by atoms with van der Waals surface area (Å²) < 4.78 is 14.1. The van der Waals surface area contributed by atoms with Crippen LogP contribution in [0.4, 0.5) is 4.39 Å². The Morgan fingerprint density at radius 3 is 2.81 bits per heavy atom. The number of alkyl halides is 1. The lowest BCUT2D eigenvalue weighted by atomic mass is 10.2. The number of benzene rings is 1. The molecule has 0 spiro atoms. The Morgan fingerprint density at radius 2 is 2.25 bits per heavy atom. The van der Waals surface area contributed by atoms with E-state index in [1.54, 1.807) is 20.0 Å². The van der Waals surface area contributed by atoms with Crippen molar-refractivity contribution in [3.8, 4) is 0 Å². The predicted molar refractivity (Wildman–Crippen MR) is 66.4 cm³/mol. The van der Waals surface area contributed by atoms with Crippen LogP contribution in [0.3, 0.4) is 0 Å². The van der Waals surface area contributed by atoms with E-state index in [2.05, 4.69) is 15.9 Å². The largest absolute Gasteiger partial charge is 0.340 e. The van der Waals surface area contributed by atoms with Gasteiger partial charge in [-0.25, -0.2) is 4.39 Å². The number of halogens is 3. The number of hydrogen-bond acceptors (Lipinski definition) is 1. The van der Waals surface area contributed by atoms with Crippen LogP contribution in [0.25, 0.3) is 0 Å². The average molecular weight is 309 g/mol. The van der Waals surface area contributed by atoms with Gasteiger partial charge in [0.05, 0.1) is 5.56 Å². The van der Waals surface area contributed by atoms with Crippen LogP contribution in [-0.4, -0.2) is 29.8 Å². The number of nitrogens with zero attached hydrogens (tertiary/aromatic N) is 1. The zero-order valence-corrected chi connectivity index (χ0v) is 11.3. The van der Waals surface area contributed by atoms with Gasteiger partial charge >= 0.3 is 0 Å². The van der Waals surface area contributed by atoms with Crippen LogP contribution >= 0.6 is 27.5 Å². The minimum atomic E-state index is -0.526. The van der Waals surface area contributed by atoms with Gasteiger partial charge in [0.15, 0.2) is 0 Å². The van der Waals surface area contributed by atoms with Crippen LogP contribution in [0.1, 0.15) is 17.3 Å². The molecule has 1 amide bonds. The Morgan fingerprint density at radius 1 is 1.62 bits per heavy atom. The van der Waals surface area contributed by atoms with Crippen molar-refractivity contribution in [2.75, 3.05) is 13.6 Å². The summed E-state index contributed by atoms with van der Waals surface area (Å²) in [6, 6.07) is 4.28. The normalized spacial score (nSPS) is 12.3. The smallest absolute Gasteiger partial charge is 0.256 e. The second-order valence-electron chi connectivity index (χ2n) is 3.59. The molecule has 0 aliphatic carbocycles. The topological polar surface area (TPSA) is 20.3 Å². The molecule has 2 nitrogen and oxygen atoms in total. The van der Waals surface area contributed by atoms with E-state index in [0.717, 1.165) is 0 Å². The Balaban J connectivity index is 2.91. The van der Waals surface area contributed by atoms with Crippen molar-refractivity contribution in [3.05, 3.63) is 34.1 Å². The van der Waals surface area contributed by atoms with Gasteiger partial charge in [0.2, 0.25) is 0 Å². The molecule has 0 aliphatic rings. The molecular weight excluding hydrogens is 296 g/mol. The summed E-state index contributed by atoms with van der Waals surface area (Å²) in [5.74, 6) is -0.895. The van der Waals surface area contributed by atoms with Gasteiger partial charge in [0.1, 0.15) is 5.82 Å². The quantitative estimate of drug-likeness (QED) is 0.785. The lowest BCUT2D eigenvalue weighted by Gasteiger charge is -2.18. The van der Waals surface area contributed by atoms with E-state index in [4.69, 9.17) is 11.6 Å². The molecule has 1 unspecified atom stereocenters. The first-order valence-electron chi connectivity index (χ1n) is 4.76. The Kier molecular flexibility index (Phi) is 4.74. The Bertz CT molecular complexity index is 398. The molecule has 0 aliphatic heterocycles. The van der Waals surface area contributed by atoms with E-state index in [0.29, 0.717) is 11.0 Å². The molecule has 0 radical (unpaired) electrons. The molecule has 1 rings (SSSR count). The molecule has 0 saturated carbocycles. The van der Waals surface area contributed by atoms with Crippen molar-refractivity contribution in [3.63, 3.8) is 0 Å². The fourth-order valence-corrected chi connectivity index (χ4v) is 1.90. The third-order valence-corrected chi connectivity index (χ3v) is 2.66. The first kappa shape index (κ1) is 13.5. The first-order valence-corrected chi connectivity index (χ1v) is 5.99. The highest BCUT2D eigenvalue weighted by molar-refractivity contribution is 9.10. The molecule has 0 aromatic heterocycles. The number of hydrogen-bond donors (Lipinski definition) is 0. The predicted octanol–water partition coefficient (Wildman–Crippen LogP) is 3.29. The molecule has 0 heterocycles. The summed E-state index contributed by atoms with van der Waals surface area (Å²) >= 11 is 8.98. The van der Waals surface area contributed by atoms with Crippen molar-refractivity contribution in [1.82, 2.24) is 4.90 Å². The highest BCUT2D eigenvalue weighted by atomic mass is 79.9. The fourth-order valence-electron chi connectivity index (χ4n) is 1.33. The van der Waals surface area contributed by atoms with E-state index in [1.807, 2.05) is 0 Å². The van der Waals surface area contributed by atoms with E-state index in [1.165, 1.54) is 17.0 Å². The van der Waals surface area contributed by atoms with Gasteiger partial charge in [-0.05, 0) is 25.1 Å². The molecule has 1 atom stereocenters. The standard InChI is InChI=1S/C11H12BrClFNO/c1-7(13)6-15(2)11(16)9-5-8(12)3-4-10(9)14/h3-5,7H,6H2,1-2H3. The second kappa shape index (κ2) is 5.64. The second-order valence-corrected chi connectivity index (χ2v) is 5.25. The van der Waals surface area contributed by atoms with E-state index in [-0.39, 0.29) is 16.8 Å². The van der Waals surface area contributed by atoms with E-state index < -0.39 is 5.82 Å². The van der Waals surface area contributed by atoms with Crippen molar-refractivity contribution in [1.29, 1.82) is 0 Å². The average Bonchev–Trinajstić information content (AvgIpc) is 2.19. The fraction of sp³-hybridized carbons (Fsp3) is 0.364. The highest BCUT2D eigenvalue weighted by Crippen LogP contribution is 2.17. The highest BCUT2D eigenvalue weighted by Gasteiger charge is 2.17. The van der Waals surface area contributed by atoms with Crippen LogP contribution < -0.4 is 0 Å². The van der Waals surface area contributed by atoms with Gasteiger partial charge in [0, 0.05) is 23.4 Å². The van der Waals surface area contributed by atoms with Crippen LogP contribution in [0.5, 0.6) is 0 Å². The van der Waals surface area contributed by atoms with Crippen molar-refractivity contribution >= 4 is 33.4 Å². The van der Waals surface area contributed by atoms with Crippen molar-refractivity contribution in [2.45, 2.75) is 12.3 Å². The molecule has 1 aromatic rings. The molecule has 88 valence electrons. The summed E-state index contributed by atoms with van der Waals surface area (Å²) in [4.78, 5) is 13.3. The van der Waals surface area contributed by atoms with Gasteiger partial charge in [-0.15, -0.1) is 11.6 Å². The molecule has 0 N–H and O–H groups in total. The van der Waals surface area contributed by atoms with Gasteiger partial charge in [-0.1, -0.05) is 15.9 Å². The third-order valence-electron chi connectivity index (χ3n) is 2.03. The van der Waals surface area contributed by atoms with Gasteiger partial charge in [-0.3, -0.25) is 4.79 Å². The number of carbonyl (C=O) groups excluding carboxylic acids is 1. The maximum absolute atomic E-state index is 13.4. The molecule has 1 aromatic carbocycles. The monoisotopic (exact) mass is 307 g/mol. The van der Waals surface area contributed by atoms with Crippen molar-refractivity contribution in [2.24, 2.45) is 0 Å². The molecule has 0 bridgehead atoms. The molecule has 5 heteroatoms. The Hall–Kier alpha value is -0.610. The number of rotatable bonds is 3. The maximum Gasteiger partial charge on any atom is 0.256 e. The van der Waals surface area contributed by atoms with Gasteiger partial charge in [0.25, 0.3) is 5.91 Å². The molecule has 16 heavy (non-hydrogen) atoms. The first-order chi connectivity index (χ1) is 7.41. The molecular formula is C11H12BrClFNO. The third kappa shape index (κ3) is 3.46. The van der Waals surface area contributed by atoms with Gasteiger partial charge in [-0.2, -0.15) is 0 Å². The van der Waals surface area contributed by atoms with E-state index in [9.17, 15) is 9.18 Å². The minimum Gasteiger partial charge on any atom is -0.340 e. The maximum atomic E-state index is 13.4. The number of carbonyl (C=O) groups is 1. The van der Waals surface area contributed by atoms with E-state index >= 15 is 0 Å². The Labute approximate surface area is 108 Å². The summed E-state index contributed by atoms with van der Waals surface area (Å²) in [5, 5.41) is -0.163. The summed E-state index contributed by atoms with van der Waals surface area (Å²) in [7, 11) is 1.60. The lowest BCUT2D eigenvalue weighted by molar-refractivity contribution is 0.0791. The minimum absolute atomic E-state index is 0.0502. The number of amides is 1. The summed E-state index contributed by atoms with van der Waals surface area (Å²) in [6.45, 7) is 2.16. The van der Waals surface area contributed by atoms with Crippen LogP contribution in [-0.2, 0) is 0 Å². The lowest BCUT2D eigenvalue weighted by Crippen LogP contribution is -2.31. The summed E-state index contributed by atoms with van der Waals surface area (Å²) in [6.07, 6.45) is 0. The van der Waals surface area contributed by atoms with Gasteiger partial charge < -0.3 is 4.90 Å². The van der Waals surface area contributed by atoms with Crippen LogP contribution in [0.2, 0.25) is 0 Å². The SMILES string of the molecule is CC(Cl)CN(C)C(=O)c1cc(Br)ccc1F. The summed E-state index contributed by atoms with van der Waals surface area (Å²) in [5.41, 5.74) is 0.0502. The molecule has 0 saturated heterocycles. The van der Waals surface area contributed by atoms with Crippen molar-refractivity contribution < 1.29 is 9.18 Å². The zero-order valence-electron chi connectivity index (χ0n) is 9.01. The van der Waals surface area contributed by atoms with Crippen LogP contribution in [0.15, 0.2) is 22.7 Å². The molecule has 0 fully saturated rings. The van der Waals surface area contributed by atoms with Crippen LogP contribution in [0, 0.1) is 5.82 Å². The zero-order chi connectivity index (χ0) is 12.3.